The van der Waals surface area contributed by atoms with Crippen LogP contribution >= 0.6 is 22.9 Å². The minimum Gasteiger partial charge on any atom is -0.381 e. The van der Waals surface area contributed by atoms with Crippen molar-refractivity contribution in [2.24, 2.45) is 4.99 Å². The van der Waals surface area contributed by atoms with E-state index in [1.54, 1.807) is 12.1 Å². The molecule has 3 N–H and O–H groups in total. The Labute approximate surface area is 161 Å². The van der Waals surface area contributed by atoms with Gasteiger partial charge in [0.1, 0.15) is 5.69 Å². The summed E-state index contributed by atoms with van der Waals surface area (Å²) >= 11 is 6.91. The fourth-order valence-electron chi connectivity index (χ4n) is 2.35. The highest BCUT2D eigenvalue weighted by Gasteiger charge is 2.33. The first kappa shape index (κ1) is 19.6. The van der Waals surface area contributed by atoms with E-state index in [1.165, 1.54) is 0 Å². The van der Waals surface area contributed by atoms with Gasteiger partial charge in [-0.25, -0.2) is 4.99 Å². The number of halogens is 4. The second kappa shape index (κ2) is 8.28. The highest BCUT2D eigenvalue weighted by atomic mass is 35.5. The molecule has 7 nitrogen and oxygen atoms in total. The molecule has 3 rings (SSSR count). The monoisotopic (exact) mass is 421 g/mol. The largest absolute Gasteiger partial charge is 0.432 e. The molecule has 0 spiro atoms. The third kappa shape index (κ3) is 5.44. The number of alkyl halides is 3. The molecule has 146 valence electrons. The lowest BCUT2D eigenvalue weighted by molar-refractivity contribution is -0.141. The summed E-state index contributed by atoms with van der Waals surface area (Å²) < 4.78 is 43.9. The van der Waals surface area contributed by atoms with Gasteiger partial charge in [-0.05, 0) is 25.0 Å². The molecule has 1 saturated heterocycles. The molecule has 0 radical (unpaired) electrons. The van der Waals surface area contributed by atoms with Crippen molar-refractivity contribution in [2.75, 3.05) is 18.5 Å². The fourth-order valence-corrected chi connectivity index (χ4v) is 3.29. The number of aromatic nitrogens is 2. The van der Waals surface area contributed by atoms with E-state index in [0.29, 0.717) is 35.3 Å². The van der Waals surface area contributed by atoms with E-state index in [4.69, 9.17) is 16.3 Å². The van der Waals surface area contributed by atoms with Crippen molar-refractivity contribution in [3.05, 3.63) is 33.1 Å². The van der Waals surface area contributed by atoms with Gasteiger partial charge in [-0.15, -0.1) is 11.3 Å². The van der Waals surface area contributed by atoms with Crippen LogP contribution in [0.5, 0.6) is 0 Å². The number of nitrogens with zero attached hydrogens (tertiary/aromatic N) is 2. The third-order valence-electron chi connectivity index (χ3n) is 3.66. The second-order valence-corrected chi connectivity index (χ2v) is 7.38. The highest BCUT2D eigenvalue weighted by molar-refractivity contribution is 7.18. The molecule has 0 aliphatic carbocycles. The van der Waals surface area contributed by atoms with Crippen LogP contribution in [0.15, 0.2) is 23.2 Å². The Balaban J connectivity index is 1.77. The molecule has 1 aliphatic heterocycles. The zero-order valence-electron chi connectivity index (χ0n) is 13.8. The van der Waals surface area contributed by atoms with E-state index in [2.05, 4.69) is 20.7 Å². The van der Waals surface area contributed by atoms with Crippen molar-refractivity contribution >= 4 is 40.6 Å². The molecular weight excluding hydrogens is 407 g/mol. The summed E-state index contributed by atoms with van der Waals surface area (Å²) in [4.78, 5) is 17.1. The predicted octanol–water partition coefficient (Wildman–Crippen LogP) is 3.52. The summed E-state index contributed by atoms with van der Waals surface area (Å²) in [5.41, 5.74) is -1.01. The van der Waals surface area contributed by atoms with Gasteiger partial charge >= 0.3 is 6.18 Å². The lowest BCUT2D eigenvalue weighted by Crippen LogP contribution is -2.37. The van der Waals surface area contributed by atoms with E-state index >= 15 is 0 Å². The molecule has 27 heavy (non-hydrogen) atoms. The molecule has 0 aromatic carbocycles. The van der Waals surface area contributed by atoms with Crippen LogP contribution < -0.4 is 10.6 Å². The van der Waals surface area contributed by atoms with Crippen LogP contribution in [0.1, 0.15) is 28.2 Å². The predicted molar refractivity (Wildman–Crippen MR) is 95.3 cm³/mol. The minimum atomic E-state index is -4.55. The molecular formula is C15H15ClF3N5O2S. The Morgan fingerprint density at radius 1 is 1.37 bits per heavy atom. The van der Waals surface area contributed by atoms with Crippen molar-refractivity contribution in [1.29, 1.82) is 0 Å². The Bertz CT molecular complexity index is 830. The zero-order chi connectivity index (χ0) is 19.4. The van der Waals surface area contributed by atoms with Crippen LogP contribution in [0.4, 0.5) is 19.0 Å². The van der Waals surface area contributed by atoms with Gasteiger partial charge in [0, 0.05) is 19.3 Å². The molecule has 0 saturated carbocycles. The molecule has 1 aliphatic rings. The first-order valence-corrected chi connectivity index (χ1v) is 9.12. The number of aromatic amines is 1. The number of carbonyl (C=O) groups excluding carboxylic acids is 1. The number of H-pyrrole nitrogens is 1. The zero-order valence-corrected chi connectivity index (χ0v) is 15.3. The Morgan fingerprint density at radius 3 is 2.70 bits per heavy atom. The van der Waals surface area contributed by atoms with Gasteiger partial charge < -0.3 is 10.1 Å². The first-order valence-electron chi connectivity index (χ1n) is 7.93. The number of hydrogen-bond donors (Lipinski definition) is 3. The highest BCUT2D eigenvalue weighted by Crippen LogP contribution is 2.28. The molecule has 1 amide bonds. The van der Waals surface area contributed by atoms with Gasteiger partial charge in [-0.2, -0.15) is 18.3 Å². The fraction of sp³-hybridized carbons (Fsp3) is 0.400. The quantitative estimate of drug-likeness (QED) is 0.522. The topological polar surface area (TPSA) is 91.4 Å². The average molecular weight is 422 g/mol. The smallest absolute Gasteiger partial charge is 0.381 e. The first-order chi connectivity index (χ1) is 12.8. The average Bonchev–Trinajstić information content (AvgIpc) is 3.24. The third-order valence-corrected chi connectivity index (χ3v) is 4.89. The maximum absolute atomic E-state index is 12.7. The number of ether oxygens (including phenoxy) is 1. The molecule has 0 atom stereocenters. The second-order valence-electron chi connectivity index (χ2n) is 5.67. The number of amides is 1. The van der Waals surface area contributed by atoms with Crippen molar-refractivity contribution in [2.45, 2.75) is 25.1 Å². The van der Waals surface area contributed by atoms with Crippen molar-refractivity contribution in [3.63, 3.8) is 0 Å². The Morgan fingerprint density at radius 2 is 2.11 bits per heavy atom. The number of carbonyl (C=O) groups is 1. The van der Waals surface area contributed by atoms with E-state index in [0.717, 1.165) is 17.4 Å². The number of guanidine groups is 1. The summed E-state index contributed by atoms with van der Waals surface area (Å²) in [6, 6.07) is 3.79. The van der Waals surface area contributed by atoms with Gasteiger partial charge in [0.2, 0.25) is 5.96 Å². The van der Waals surface area contributed by atoms with Crippen molar-refractivity contribution in [3.8, 4) is 0 Å². The van der Waals surface area contributed by atoms with Crippen molar-refractivity contribution < 1.29 is 22.7 Å². The Hall–Kier alpha value is -2.11. The molecule has 2 aromatic heterocycles. The lowest BCUT2D eigenvalue weighted by atomic mass is 10.1. The van der Waals surface area contributed by atoms with Crippen molar-refractivity contribution in [1.82, 2.24) is 15.5 Å². The normalized spacial score (nSPS) is 16.4. The van der Waals surface area contributed by atoms with E-state index in [1.807, 2.05) is 5.10 Å². The maximum Gasteiger partial charge on any atom is 0.432 e. The maximum atomic E-state index is 12.7. The van der Waals surface area contributed by atoms with Gasteiger partial charge in [-0.3, -0.25) is 15.2 Å². The molecule has 3 heterocycles. The van der Waals surface area contributed by atoms with Crippen LogP contribution in [0.25, 0.3) is 0 Å². The summed E-state index contributed by atoms with van der Waals surface area (Å²) in [5, 5.41) is 10.7. The number of anilines is 1. The van der Waals surface area contributed by atoms with Crippen LogP contribution in [0.2, 0.25) is 4.34 Å². The molecule has 2 aromatic rings. The van der Waals surface area contributed by atoms with Gasteiger partial charge in [-0.1, -0.05) is 11.6 Å². The molecule has 0 bridgehead atoms. The van der Waals surface area contributed by atoms with E-state index in [9.17, 15) is 18.0 Å². The SMILES string of the molecule is O=C(NC(=NC1CCOCC1)Nc1cc(C(F)(F)F)[nH]n1)c1ccc(Cl)s1. The van der Waals surface area contributed by atoms with E-state index in [-0.39, 0.29) is 17.8 Å². The van der Waals surface area contributed by atoms with Crippen LogP contribution in [-0.4, -0.2) is 41.3 Å². The van der Waals surface area contributed by atoms with Gasteiger partial charge in [0.25, 0.3) is 5.91 Å². The lowest BCUT2D eigenvalue weighted by Gasteiger charge is -2.20. The number of nitrogens with one attached hydrogen (secondary N) is 3. The number of aliphatic imine (C=N–C) groups is 1. The summed E-state index contributed by atoms with van der Waals surface area (Å²) in [5.74, 6) is -0.578. The minimum absolute atomic E-state index is 0.0108. The Kier molecular flexibility index (Phi) is 6.02. The van der Waals surface area contributed by atoms with E-state index < -0.39 is 17.8 Å². The number of thiophene rings is 1. The standard InChI is InChI=1S/C15H15ClF3N5O2S/c16-11-2-1-9(27-11)13(25)22-14(20-8-3-5-26-6-4-8)21-12-7-10(23-24-12)15(17,18)19/h1-2,7-8H,3-6H2,(H3,20,21,22,23,24,25). The summed E-state index contributed by atoms with van der Waals surface area (Å²) in [7, 11) is 0. The molecule has 12 heteroatoms. The molecule has 0 unspecified atom stereocenters. The number of rotatable bonds is 3. The van der Waals surface area contributed by atoms with Crippen LogP contribution in [0.3, 0.4) is 0 Å². The summed E-state index contributed by atoms with van der Waals surface area (Å²) in [6.07, 6.45) is -3.28. The summed E-state index contributed by atoms with van der Waals surface area (Å²) in [6.45, 7) is 1.05. The van der Waals surface area contributed by atoms with Crippen LogP contribution in [0, 0.1) is 0 Å². The van der Waals surface area contributed by atoms with Gasteiger partial charge in [0.05, 0.1) is 15.3 Å². The number of hydrogen-bond acceptors (Lipinski definition) is 5. The van der Waals surface area contributed by atoms with Crippen LogP contribution in [-0.2, 0) is 10.9 Å². The molecule has 1 fully saturated rings. The van der Waals surface area contributed by atoms with Gasteiger partial charge in [0.15, 0.2) is 5.82 Å².